The molecule has 0 amide bonds. The number of carboxylic acid groups (broad SMARTS) is 1. The third-order valence-corrected chi connectivity index (χ3v) is 2.74. The highest BCUT2D eigenvalue weighted by atomic mass is 127. The van der Waals surface area contributed by atoms with Gasteiger partial charge in [-0.2, -0.15) is 0 Å². The van der Waals surface area contributed by atoms with E-state index in [0.717, 1.165) is 0 Å². The number of rotatable bonds is 1. The first kappa shape index (κ1) is 8.77. The molecule has 2 unspecified atom stereocenters. The molecule has 1 aliphatic rings. The van der Waals surface area contributed by atoms with Crippen LogP contribution in [0.25, 0.3) is 0 Å². The molecule has 0 aromatic carbocycles. The van der Waals surface area contributed by atoms with Crippen LogP contribution in [0, 0.1) is 5.92 Å². The lowest BCUT2D eigenvalue weighted by atomic mass is 9.90. The Kier molecular flexibility index (Phi) is 2.37. The van der Waals surface area contributed by atoms with Gasteiger partial charge in [0.05, 0.1) is 9.34 Å². The van der Waals surface area contributed by atoms with E-state index in [9.17, 15) is 4.79 Å². The number of carbonyl (C=O) groups is 1. The van der Waals surface area contributed by atoms with Crippen LogP contribution in [-0.4, -0.2) is 14.5 Å². The molecule has 0 radical (unpaired) electrons. The van der Waals surface area contributed by atoms with Crippen LogP contribution in [0.4, 0.5) is 0 Å². The van der Waals surface area contributed by atoms with Gasteiger partial charge in [-0.05, 0) is 6.92 Å². The van der Waals surface area contributed by atoms with Gasteiger partial charge in [0.25, 0.3) is 0 Å². The van der Waals surface area contributed by atoms with Crippen LogP contribution >= 0.6 is 22.6 Å². The molecule has 2 atom stereocenters. The van der Waals surface area contributed by atoms with Crippen LogP contribution in [0.2, 0.25) is 0 Å². The van der Waals surface area contributed by atoms with E-state index in [-0.39, 0.29) is 3.42 Å². The van der Waals surface area contributed by atoms with Crippen molar-refractivity contribution in [2.75, 3.05) is 0 Å². The van der Waals surface area contributed by atoms with Crippen molar-refractivity contribution in [1.29, 1.82) is 0 Å². The van der Waals surface area contributed by atoms with Crippen molar-refractivity contribution >= 4 is 28.6 Å². The van der Waals surface area contributed by atoms with Crippen LogP contribution in [-0.2, 0) is 4.79 Å². The van der Waals surface area contributed by atoms with Crippen molar-refractivity contribution in [3.63, 3.8) is 0 Å². The number of carboxylic acids is 1. The highest BCUT2D eigenvalue weighted by Crippen LogP contribution is 2.33. The predicted octanol–water partition coefficient (Wildman–Crippen LogP) is 2.01. The summed E-state index contributed by atoms with van der Waals surface area (Å²) in [6, 6.07) is 0. The lowest BCUT2D eigenvalue weighted by Crippen LogP contribution is -2.31. The maximum Gasteiger partial charge on any atom is 0.312 e. The molecule has 0 heterocycles. The Hall–Kier alpha value is -0.320. The monoisotopic (exact) mass is 264 g/mol. The normalized spacial score (nSPS) is 35.6. The number of allylic oxidation sites excluding steroid dienone is 3. The van der Waals surface area contributed by atoms with Gasteiger partial charge in [0, 0.05) is 0 Å². The molecule has 1 N–H and O–H groups in total. The Bertz CT molecular complexity index is 228. The number of alkyl halides is 1. The summed E-state index contributed by atoms with van der Waals surface area (Å²) in [5.41, 5.74) is 0. The van der Waals surface area contributed by atoms with E-state index >= 15 is 0 Å². The lowest BCUT2D eigenvalue weighted by Gasteiger charge is -2.25. The summed E-state index contributed by atoms with van der Waals surface area (Å²) in [4.78, 5) is 10.7. The molecule has 11 heavy (non-hydrogen) atoms. The van der Waals surface area contributed by atoms with Crippen molar-refractivity contribution in [3.05, 3.63) is 24.3 Å². The van der Waals surface area contributed by atoms with Gasteiger partial charge in [0.15, 0.2) is 0 Å². The molecule has 0 fully saturated rings. The van der Waals surface area contributed by atoms with Crippen molar-refractivity contribution in [2.24, 2.45) is 5.92 Å². The van der Waals surface area contributed by atoms with Gasteiger partial charge >= 0.3 is 5.97 Å². The average Bonchev–Trinajstić information content (AvgIpc) is 1.85. The summed E-state index contributed by atoms with van der Waals surface area (Å²) < 4.78 is -0.279. The Morgan fingerprint density at radius 1 is 1.64 bits per heavy atom. The summed E-state index contributed by atoms with van der Waals surface area (Å²) in [7, 11) is 0. The van der Waals surface area contributed by atoms with E-state index < -0.39 is 11.9 Å². The highest BCUT2D eigenvalue weighted by Gasteiger charge is 2.33. The molecule has 0 saturated carbocycles. The summed E-state index contributed by atoms with van der Waals surface area (Å²) in [6.07, 6.45) is 7.28. The molecule has 0 aromatic heterocycles. The minimum atomic E-state index is -0.762. The van der Waals surface area contributed by atoms with Crippen LogP contribution in [0.5, 0.6) is 0 Å². The molecular weight excluding hydrogens is 255 g/mol. The minimum Gasteiger partial charge on any atom is -0.481 e. The van der Waals surface area contributed by atoms with Gasteiger partial charge in [-0.25, -0.2) is 0 Å². The second kappa shape index (κ2) is 2.97. The third-order valence-electron chi connectivity index (χ3n) is 1.71. The van der Waals surface area contributed by atoms with Gasteiger partial charge in [-0.3, -0.25) is 4.79 Å². The van der Waals surface area contributed by atoms with Crippen molar-refractivity contribution < 1.29 is 9.90 Å². The van der Waals surface area contributed by atoms with Crippen LogP contribution < -0.4 is 0 Å². The molecule has 2 nitrogen and oxygen atoms in total. The van der Waals surface area contributed by atoms with E-state index in [2.05, 4.69) is 22.6 Å². The zero-order chi connectivity index (χ0) is 8.48. The molecular formula is C8H9IO2. The van der Waals surface area contributed by atoms with Crippen molar-refractivity contribution in [1.82, 2.24) is 0 Å². The highest BCUT2D eigenvalue weighted by molar-refractivity contribution is 14.1. The maximum atomic E-state index is 10.7. The lowest BCUT2D eigenvalue weighted by molar-refractivity contribution is -0.140. The molecule has 0 aromatic rings. The quantitative estimate of drug-likeness (QED) is 0.581. The zero-order valence-electron chi connectivity index (χ0n) is 6.12. The minimum absolute atomic E-state index is 0.279. The second-order valence-corrected chi connectivity index (χ2v) is 5.04. The second-order valence-electron chi connectivity index (χ2n) is 2.71. The van der Waals surface area contributed by atoms with Gasteiger partial charge in [0.1, 0.15) is 0 Å². The first-order chi connectivity index (χ1) is 5.04. The summed E-state index contributed by atoms with van der Waals surface area (Å²) >= 11 is 2.15. The average molecular weight is 264 g/mol. The number of halogens is 1. The molecule has 0 aliphatic heterocycles. The number of aliphatic carboxylic acids is 1. The van der Waals surface area contributed by atoms with E-state index in [4.69, 9.17) is 5.11 Å². The molecule has 1 aliphatic carbocycles. The molecule has 3 heteroatoms. The molecule has 60 valence electrons. The summed E-state index contributed by atoms with van der Waals surface area (Å²) in [5.74, 6) is -1.16. The first-order valence-electron chi connectivity index (χ1n) is 3.32. The SMILES string of the molecule is CC1(I)C=CC=CC1C(=O)O. The van der Waals surface area contributed by atoms with E-state index in [1.807, 2.05) is 19.1 Å². The first-order valence-corrected chi connectivity index (χ1v) is 4.39. The number of hydrogen-bond donors (Lipinski definition) is 1. The fraction of sp³-hybridized carbons (Fsp3) is 0.375. The molecule has 1 rings (SSSR count). The topological polar surface area (TPSA) is 37.3 Å². The number of hydrogen-bond acceptors (Lipinski definition) is 1. The Morgan fingerprint density at radius 3 is 2.64 bits per heavy atom. The maximum absolute atomic E-state index is 10.7. The van der Waals surface area contributed by atoms with Crippen molar-refractivity contribution in [3.8, 4) is 0 Å². The Balaban J connectivity index is 2.89. The van der Waals surface area contributed by atoms with Gasteiger partial charge in [-0.1, -0.05) is 46.9 Å². The molecule has 0 spiro atoms. The summed E-state index contributed by atoms with van der Waals surface area (Å²) in [5, 5.41) is 8.78. The smallest absolute Gasteiger partial charge is 0.312 e. The standard InChI is InChI=1S/C8H9IO2/c1-8(9)5-3-2-4-6(8)7(10)11/h2-6H,1H3,(H,10,11). The largest absolute Gasteiger partial charge is 0.481 e. The molecule has 0 saturated heterocycles. The van der Waals surface area contributed by atoms with Crippen LogP contribution in [0.3, 0.4) is 0 Å². The fourth-order valence-corrected chi connectivity index (χ4v) is 1.72. The van der Waals surface area contributed by atoms with E-state index in [1.165, 1.54) is 0 Å². The van der Waals surface area contributed by atoms with Gasteiger partial charge < -0.3 is 5.11 Å². The Morgan fingerprint density at radius 2 is 2.27 bits per heavy atom. The zero-order valence-corrected chi connectivity index (χ0v) is 8.28. The predicted molar refractivity (Wildman–Crippen MR) is 51.8 cm³/mol. The Labute approximate surface area is 79.1 Å². The third kappa shape index (κ3) is 1.83. The van der Waals surface area contributed by atoms with Crippen molar-refractivity contribution in [2.45, 2.75) is 10.3 Å². The van der Waals surface area contributed by atoms with E-state index in [0.29, 0.717) is 0 Å². The van der Waals surface area contributed by atoms with Crippen LogP contribution in [0.1, 0.15) is 6.92 Å². The summed E-state index contributed by atoms with van der Waals surface area (Å²) in [6.45, 7) is 1.91. The molecule has 0 bridgehead atoms. The van der Waals surface area contributed by atoms with Gasteiger partial charge in [-0.15, -0.1) is 0 Å². The van der Waals surface area contributed by atoms with E-state index in [1.54, 1.807) is 12.2 Å². The van der Waals surface area contributed by atoms with Crippen LogP contribution in [0.15, 0.2) is 24.3 Å². The van der Waals surface area contributed by atoms with Gasteiger partial charge in [0.2, 0.25) is 0 Å². The fourth-order valence-electron chi connectivity index (χ4n) is 1.03.